The standard InChI is InChI=1S/C16H18BrNO3/c1-4-21-15(20)16(2,3)14(19)11-7-8-12(17)10-6-5-9-18-13(10)11/h5-9,14,19H,4H2,1-3H3. The molecule has 2 rings (SSSR count). The summed E-state index contributed by atoms with van der Waals surface area (Å²) >= 11 is 3.47. The van der Waals surface area contributed by atoms with E-state index in [9.17, 15) is 9.90 Å². The summed E-state index contributed by atoms with van der Waals surface area (Å²) in [4.78, 5) is 16.4. The average Bonchev–Trinajstić information content (AvgIpc) is 2.47. The van der Waals surface area contributed by atoms with Gasteiger partial charge in [0.25, 0.3) is 0 Å². The monoisotopic (exact) mass is 351 g/mol. The van der Waals surface area contributed by atoms with Gasteiger partial charge in [0.15, 0.2) is 0 Å². The molecular weight excluding hydrogens is 334 g/mol. The number of aliphatic hydroxyl groups excluding tert-OH is 1. The lowest BCUT2D eigenvalue weighted by molar-refractivity contribution is -0.160. The molecule has 2 aromatic rings. The number of carbonyl (C=O) groups is 1. The number of hydrogen-bond acceptors (Lipinski definition) is 4. The van der Waals surface area contributed by atoms with Crippen LogP contribution in [0.2, 0.25) is 0 Å². The van der Waals surface area contributed by atoms with E-state index in [1.165, 1.54) is 0 Å². The number of carbonyl (C=O) groups excluding carboxylic acids is 1. The second-order valence-corrected chi connectivity index (χ2v) is 6.24. The molecule has 0 bridgehead atoms. The molecule has 0 amide bonds. The third kappa shape index (κ3) is 2.94. The van der Waals surface area contributed by atoms with Crippen LogP contribution in [0, 0.1) is 5.41 Å². The lowest BCUT2D eigenvalue weighted by Gasteiger charge is -2.29. The predicted molar refractivity (Wildman–Crippen MR) is 84.8 cm³/mol. The van der Waals surface area contributed by atoms with Gasteiger partial charge in [-0.2, -0.15) is 0 Å². The Kier molecular flexibility index (Phi) is 4.64. The largest absolute Gasteiger partial charge is 0.465 e. The van der Waals surface area contributed by atoms with Crippen LogP contribution in [-0.4, -0.2) is 22.7 Å². The van der Waals surface area contributed by atoms with Gasteiger partial charge < -0.3 is 9.84 Å². The molecular formula is C16H18BrNO3. The van der Waals surface area contributed by atoms with Gasteiger partial charge in [0.2, 0.25) is 0 Å². The highest BCUT2D eigenvalue weighted by Crippen LogP contribution is 2.38. The highest BCUT2D eigenvalue weighted by atomic mass is 79.9. The molecule has 0 saturated carbocycles. The fraction of sp³-hybridized carbons (Fsp3) is 0.375. The summed E-state index contributed by atoms with van der Waals surface area (Å²) in [6.45, 7) is 5.38. The smallest absolute Gasteiger partial charge is 0.314 e. The van der Waals surface area contributed by atoms with Gasteiger partial charge in [-0.3, -0.25) is 9.78 Å². The maximum Gasteiger partial charge on any atom is 0.314 e. The van der Waals surface area contributed by atoms with Crippen LogP contribution in [0.1, 0.15) is 32.4 Å². The van der Waals surface area contributed by atoms with E-state index in [1.807, 2.05) is 18.2 Å². The molecule has 5 heteroatoms. The van der Waals surface area contributed by atoms with E-state index in [4.69, 9.17) is 4.74 Å². The minimum atomic E-state index is -1.05. The molecule has 0 saturated heterocycles. The Bertz CT molecular complexity index is 670. The van der Waals surface area contributed by atoms with E-state index in [0.29, 0.717) is 11.1 Å². The van der Waals surface area contributed by atoms with Gasteiger partial charge in [0.1, 0.15) is 0 Å². The first-order valence-electron chi connectivity index (χ1n) is 6.78. The van der Waals surface area contributed by atoms with Crippen LogP contribution in [0.25, 0.3) is 10.9 Å². The fourth-order valence-electron chi connectivity index (χ4n) is 2.20. The molecule has 1 heterocycles. The molecule has 4 nitrogen and oxygen atoms in total. The molecule has 112 valence electrons. The molecule has 1 aromatic carbocycles. The second kappa shape index (κ2) is 6.12. The van der Waals surface area contributed by atoms with Crippen molar-refractivity contribution in [3.05, 3.63) is 40.5 Å². The lowest BCUT2D eigenvalue weighted by Crippen LogP contribution is -2.33. The van der Waals surface area contributed by atoms with E-state index in [-0.39, 0.29) is 6.61 Å². The van der Waals surface area contributed by atoms with E-state index in [0.717, 1.165) is 9.86 Å². The number of nitrogens with zero attached hydrogens (tertiary/aromatic N) is 1. The normalized spacial score (nSPS) is 13.2. The number of hydrogen-bond donors (Lipinski definition) is 1. The summed E-state index contributed by atoms with van der Waals surface area (Å²) in [5.41, 5.74) is 0.248. The molecule has 0 aliphatic heterocycles. The topological polar surface area (TPSA) is 59.4 Å². The third-order valence-electron chi connectivity index (χ3n) is 3.53. The van der Waals surface area contributed by atoms with Crippen LogP contribution in [0.15, 0.2) is 34.9 Å². The number of aliphatic hydroxyl groups is 1. The number of pyridine rings is 1. The van der Waals surface area contributed by atoms with Crippen LogP contribution in [0.4, 0.5) is 0 Å². The zero-order valence-electron chi connectivity index (χ0n) is 12.3. The van der Waals surface area contributed by atoms with Gasteiger partial charge in [0, 0.05) is 21.6 Å². The third-order valence-corrected chi connectivity index (χ3v) is 4.22. The fourth-order valence-corrected chi connectivity index (χ4v) is 2.65. The zero-order chi connectivity index (χ0) is 15.6. The highest BCUT2D eigenvalue weighted by molar-refractivity contribution is 9.10. The van der Waals surface area contributed by atoms with Crippen LogP contribution in [0.3, 0.4) is 0 Å². The van der Waals surface area contributed by atoms with Gasteiger partial charge in [-0.05, 0) is 32.9 Å². The van der Waals surface area contributed by atoms with Gasteiger partial charge in [-0.1, -0.05) is 28.1 Å². The van der Waals surface area contributed by atoms with Crippen molar-refractivity contribution in [2.24, 2.45) is 5.41 Å². The number of halogens is 1. The Morgan fingerprint density at radius 3 is 2.81 bits per heavy atom. The average molecular weight is 352 g/mol. The first-order valence-corrected chi connectivity index (χ1v) is 7.57. The van der Waals surface area contributed by atoms with Crippen LogP contribution in [0.5, 0.6) is 0 Å². The van der Waals surface area contributed by atoms with Gasteiger partial charge in [-0.25, -0.2) is 0 Å². The van der Waals surface area contributed by atoms with E-state index >= 15 is 0 Å². The quantitative estimate of drug-likeness (QED) is 0.854. The van der Waals surface area contributed by atoms with Crippen molar-refractivity contribution in [1.82, 2.24) is 4.98 Å². The zero-order valence-corrected chi connectivity index (χ0v) is 13.8. The number of fused-ring (bicyclic) bond motifs is 1. The number of esters is 1. The summed E-state index contributed by atoms with van der Waals surface area (Å²) in [5.74, 6) is -0.426. The number of benzene rings is 1. The minimum absolute atomic E-state index is 0.286. The number of aromatic nitrogens is 1. The van der Waals surface area contributed by atoms with Crippen molar-refractivity contribution in [1.29, 1.82) is 0 Å². The molecule has 1 atom stereocenters. The molecule has 0 radical (unpaired) electrons. The van der Waals surface area contributed by atoms with E-state index in [2.05, 4.69) is 20.9 Å². The SMILES string of the molecule is CCOC(=O)C(C)(C)C(O)c1ccc(Br)c2cccnc12. The van der Waals surface area contributed by atoms with Crippen molar-refractivity contribution >= 4 is 32.8 Å². The number of ether oxygens (including phenoxy) is 1. The van der Waals surface area contributed by atoms with Crippen molar-refractivity contribution < 1.29 is 14.6 Å². The van der Waals surface area contributed by atoms with Gasteiger partial charge in [0.05, 0.1) is 23.6 Å². The first kappa shape index (κ1) is 15.9. The minimum Gasteiger partial charge on any atom is -0.465 e. The molecule has 1 aromatic heterocycles. The number of rotatable bonds is 4. The summed E-state index contributed by atoms with van der Waals surface area (Å²) < 4.78 is 5.96. The van der Waals surface area contributed by atoms with Crippen molar-refractivity contribution in [2.75, 3.05) is 6.61 Å². The Labute approximate surface area is 132 Å². The maximum atomic E-state index is 12.1. The molecule has 0 fully saturated rings. The summed E-state index contributed by atoms with van der Waals surface area (Å²) in [5, 5.41) is 11.6. The van der Waals surface area contributed by atoms with Crippen molar-refractivity contribution in [3.8, 4) is 0 Å². The lowest BCUT2D eigenvalue weighted by atomic mass is 9.82. The highest BCUT2D eigenvalue weighted by Gasteiger charge is 2.39. The summed E-state index contributed by atoms with van der Waals surface area (Å²) in [6.07, 6.45) is 0.671. The molecule has 0 aliphatic carbocycles. The molecule has 0 aliphatic rings. The van der Waals surface area contributed by atoms with E-state index in [1.54, 1.807) is 33.0 Å². The van der Waals surface area contributed by atoms with Crippen LogP contribution in [-0.2, 0) is 9.53 Å². The van der Waals surface area contributed by atoms with Crippen molar-refractivity contribution in [2.45, 2.75) is 26.9 Å². The van der Waals surface area contributed by atoms with Gasteiger partial charge in [-0.15, -0.1) is 0 Å². The Balaban J connectivity index is 2.51. The predicted octanol–water partition coefficient (Wildman–Crippen LogP) is 3.62. The van der Waals surface area contributed by atoms with Crippen LogP contribution >= 0.6 is 15.9 Å². The molecule has 21 heavy (non-hydrogen) atoms. The van der Waals surface area contributed by atoms with Gasteiger partial charge >= 0.3 is 5.97 Å². The summed E-state index contributed by atoms with van der Waals surface area (Å²) in [6, 6.07) is 7.38. The van der Waals surface area contributed by atoms with Crippen LogP contribution < -0.4 is 0 Å². The van der Waals surface area contributed by atoms with E-state index < -0.39 is 17.5 Å². The summed E-state index contributed by atoms with van der Waals surface area (Å²) in [7, 11) is 0. The van der Waals surface area contributed by atoms with Crippen molar-refractivity contribution in [3.63, 3.8) is 0 Å². The Hall–Kier alpha value is -1.46. The Morgan fingerprint density at radius 2 is 2.14 bits per heavy atom. The molecule has 1 unspecified atom stereocenters. The Morgan fingerprint density at radius 1 is 1.43 bits per heavy atom. The molecule has 0 spiro atoms. The molecule has 1 N–H and O–H groups in total. The first-order chi connectivity index (χ1) is 9.89. The second-order valence-electron chi connectivity index (χ2n) is 5.38. The maximum absolute atomic E-state index is 12.1.